The molecule has 1 aromatic heterocycles. The number of hydrogen-bond acceptors (Lipinski definition) is 6. The first-order chi connectivity index (χ1) is 18.4. The molecule has 0 radical (unpaired) electrons. The number of esters is 1. The number of nitrogen functional groups attached to an aromatic ring is 1. The number of ether oxygens (including phenoxy) is 2. The van der Waals surface area contributed by atoms with E-state index >= 15 is 0 Å². The number of nitrogens with zero attached hydrogens (tertiary/aromatic N) is 3. The van der Waals surface area contributed by atoms with Crippen LogP contribution in [-0.4, -0.2) is 46.5 Å². The number of nitrogens with two attached hydrogens (primary N) is 1. The summed E-state index contributed by atoms with van der Waals surface area (Å²) in [5.74, 6) is 1.24. The van der Waals surface area contributed by atoms with Gasteiger partial charge in [0.25, 0.3) is 0 Å². The number of aromatic nitrogens is 2. The van der Waals surface area contributed by atoms with Crippen molar-refractivity contribution >= 4 is 28.9 Å². The zero-order valence-electron chi connectivity index (χ0n) is 22.0. The highest BCUT2D eigenvalue weighted by molar-refractivity contribution is 5.85. The largest absolute Gasteiger partial charge is 0.467 e. The minimum Gasteiger partial charge on any atom is -0.467 e. The highest BCUT2D eigenvalue weighted by atomic mass is 16.5. The number of benzene rings is 3. The smallest absolute Gasteiger partial charge is 0.328 e. The number of methoxy groups -OCH3 is 1. The fourth-order valence-corrected chi connectivity index (χ4v) is 4.67. The second kappa shape index (κ2) is 12.3. The lowest BCUT2D eigenvalue weighted by molar-refractivity contribution is -0.151. The quantitative estimate of drug-likeness (QED) is 0.270. The van der Waals surface area contributed by atoms with Crippen molar-refractivity contribution < 1.29 is 19.1 Å². The van der Waals surface area contributed by atoms with Crippen molar-refractivity contribution in [1.29, 1.82) is 0 Å². The molecule has 0 aliphatic rings. The van der Waals surface area contributed by atoms with Gasteiger partial charge in [0.05, 0.1) is 18.1 Å². The zero-order chi connectivity index (χ0) is 27.1. The minimum absolute atomic E-state index is 0.0602. The molecule has 2 N–H and O–H groups in total. The lowest BCUT2D eigenvalue weighted by Crippen LogP contribution is -2.44. The van der Waals surface area contributed by atoms with Gasteiger partial charge in [-0.15, -0.1) is 0 Å². The molecule has 1 amide bonds. The number of rotatable bonds is 11. The molecule has 8 nitrogen and oxygen atoms in total. The average molecular weight is 515 g/mol. The topological polar surface area (TPSA) is 99.7 Å². The second-order valence-electron chi connectivity index (χ2n) is 9.24. The van der Waals surface area contributed by atoms with Crippen LogP contribution in [0.25, 0.3) is 11.0 Å². The first-order valence-electron chi connectivity index (χ1n) is 12.8. The fourth-order valence-electron chi connectivity index (χ4n) is 4.67. The number of imidazole rings is 1. The Bertz CT molecular complexity index is 1370. The summed E-state index contributed by atoms with van der Waals surface area (Å²) in [5, 5.41) is 0. The summed E-state index contributed by atoms with van der Waals surface area (Å²) in [5.41, 5.74) is 8.91. The molecule has 0 saturated carbocycles. The van der Waals surface area contributed by atoms with Gasteiger partial charge in [-0.1, -0.05) is 55.5 Å². The number of likely N-dealkylation sites (N-methyl/N-ethyl adjacent to an activating group) is 1. The zero-order valence-corrected chi connectivity index (χ0v) is 22.0. The van der Waals surface area contributed by atoms with Gasteiger partial charge in [0.2, 0.25) is 11.9 Å². The third kappa shape index (κ3) is 6.14. The summed E-state index contributed by atoms with van der Waals surface area (Å²) in [4.78, 5) is 31.8. The molecule has 38 heavy (non-hydrogen) atoms. The number of carbonyl (C=O) groups is 2. The van der Waals surface area contributed by atoms with E-state index in [-0.39, 0.29) is 18.4 Å². The van der Waals surface area contributed by atoms with Gasteiger partial charge in [-0.2, -0.15) is 0 Å². The standard InChI is InChI=1S/C30H34N4O4/c1-4-22(15-18-28(35)33(2)27(29(36)37-3)19-21-11-7-5-8-12-21)34-26-20-24(16-17-25(26)32-30(34)31)38-23-13-9-6-10-14-23/h5-14,16-17,20,22,27H,4,15,18-19H2,1-3H3,(H2,31,32). The van der Waals surface area contributed by atoms with E-state index in [0.717, 1.165) is 28.8 Å². The molecule has 2 unspecified atom stereocenters. The molecule has 2 atom stereocenters. The molecular formula is C30H34N4O4. The van der Waals surface area contributed by atoms with Crippen molar-refractivity contribution in [1.82, 2.24) is 14.5 Å². The Morgan fingerprint density at radius 1 is 1.00 bits per heavy atom. The van der Waals surface area contributed by atoms with Crippen LogP contribution >= 0.6 is 0 Å². The van der Waals surface area contributed by atoms with Gasteiger partial charge < -0.3 is 24.7 Å². The van der Waals surface area contributed by atoms with Crippen molar-refractivity contribution in [2.24, 2.45) is 0 Å². The molecule has 1 heterocycles. The van der Waals surface area contributed by atoms with Crippen LogP contribution in [0.2, 0.25) is 0 Å². The van der Waals surface area contributed by atoms with Crippen LogP contribution in [0.1, 0.15) is 37.8 Å². The molecular weight excluding hydrogens is 480 g/mol. The van der Waals surface area contributed by atoms with E-state index in [2.05, 4.69) is 11.9 Å². The van der Waals surface area contributed by atoms with E-state index in [0.29, 0.717) is 24.5 Å². The summed E-state index contributed by atoms with van der Waals surface area (Å²) >= 11 is 0. The maximum Gasteiger partial charge on any atom is 0.328 e. The van der Waals surface area contributed by atoms with E-state index in [1.165, 1.54) is 12.0 Å². The van der Waals surface area contributed by atoms with Crippen LogP contribution in [0, 0.1) is 0 Å². The SMILES string of the molecule is CCC(CCC(=O)N(C)C(Cc1ccccc1)C(=O)OC)n1c(N)nc2ccc(Oc3ccccc3)cc21. The van der Waals surface area contributed by atoms with Crippen molar-refractivity contribution in [2.75, 3.05) is 19.9 Å². The second-order valence-corrected chi connectivity index (χ2v) is 9.24. The monoisotopic (exact) mass is 514 g/mol. The van der Waals surface area contributed by atoms with Crippen molar-refractivity contribution in [2.45, 2.75) is 44.7 Å². The maximum absolute atomic E-state index is 13.2. The molecule has 0 aliphatic heterocycles. The number of para-hydroxylation sites is 1. The van der Waals surface area contributed by atoms with Gasteiger partial charge in [0, 0.05) is 32.0 Å². The molecule has 3 aromatic carbocycles. The molecule has 4 aromatic rings. The number of hydrogen-bond donors (Lipinski definition) is 1. The van der Waals surface area contributed by atoms with Gasteiger partial charge in [-0.05, 0) is 42.7 Å². The molecule has 8 heteroatoms. The van der Waals surface area contributed by atoms with Gasteiger partial charge >= 0.3 is 5.97 Å². The van der Waals surface area contributed by atoms with Crippen LogP contribution in [0.3, 0.4) is 0 Å². The van der Waals surface area contributed by atoms with E-state index in [4.69, 9.17) is 15.2 Å². The molecule has 0 fully saturated rings. The van der Waals surface area contributed by atoms with Gasteiger partial charge in [0.15, 0.2) is 0 Å². The van der Waals surface area contributed by atoms with Gasteiger partial charge in [0.1, 0.15) is 17.5 Å². The summed E-state index contributed by atoms with van der Waals surface area (Å²) in [6.45, 7) is 2.06. The molecule has 0 bridgehead atoms. The van der Waals surface area contributed by atoms with Crippen LogP contribution in [-0.2, 0) is 20.7 Å². The lowest BCUT2D eigenvalue weighted by Gasteiger charge is -2.27. The Labute approximate surface area is 223 Å². The van der Waals surface area contributed by atoms with E-state index in [1.807, 2.05) is 83.4 Å². The van der Waals surface area contributed by atoms with Crippen molar-refractivity contribution in [3.63, 3.8) is 0 Å². The molecule has 198 valence electrons. The Balaban J connectivity index is 1.50. The number of amides is 1. The van der Waals surface area contributed by atoms with Crippen molar-refractivity contribution in [3.05, 3.63) is 84.4 Å². The maximum atomic E-state index is 13.2. The Morgan fingerprint density at radius 2 is 1.68 bits per heavy atom. The normalized spacial score (nSPS) is 12.6. The van der Waals surface area contributed by atoms with E-state index in [9.17, 15) is 9.59 Å². The summed E-state index contributed by atoms with van der Waals surface area (Å²) in [7, 11) is 3.00. The van der Waals surface area contributed by atoms with Crippen molar-refractivity contribution in [3.8, 4) is 11.5 Å². The number of carbonyl (C=O) groups excluding carboxylic acids is 2. The molecule has 0 spiro atoms. The number of fused-ring (bicyclic) bond motifs is 1. The van der Waals surface area contributed by atoms with E-state index in [1.54, 1.807) is 7.05 Å². The van der Waals surface area contributed by atoms with Crippen LogP contribution < -0.4 is 10.5 Å². The first-order valence-corrected chi connectivity index (χ1v) is 12.8. The van der Waals surface area contributed by atoms with E-state index < -0.39 is 12.0 Å². The molecule has 0 saturated heterocycles. The molecule has 0 aliphatic carbocycles. The highest BCUT2D eigenvalue weighted by Gasteiger charge is 2.28. The fraction of sp³-hybridized carbons (Fsp3) is 0.300. The van der Waals surface area contributed by atoms with Crippen LogP contribution in [0.4, 0.5) is 5.95 Å². The first kappa shape index (κ1) is 26.7. The summed E-state index contributed by atoms with van der Waals surface area (Å²) in [6, 6.07) is 24.1. The predicted octanol–water partition coefficient (Wildman–Crippen LogP) is 5.38. The third-order valence-corrected chi connectivity index (χ3v) is 6.80. The molecule has 4 rings (SSSR count). The Kier molecular flexibility index (Phi) is 8.63. The summed E-state index contributed by atoms with van der Waals surface area (Å²) < 4.78 is 13.0. The minimum atomic E-state index is -0.702. The Hall–Kier alpha value is -4.33. The third-order valence-electron chi connectivity index (χ3n) is 6.80. The Morgan fingerprint density at radius 3 is 2.34 bits per heavy atom. The van der Waals surface area contributed by atoms with Crippen LogP contribution in [0.15, 0.2) is 78.9 Å². The van der Waals surface area contributed by atoms with Crippen LogP contribution in [0.5, 0.6) is 11.5 Å². The average Bonchev–Trinajstić information content (AvgIpc) is 3.27. The number of anilines is 1. The lowest BCUT2D eigenvalue weighted by atomic mass is 10.0. The highest BCUT2D eigenvalue weighted by Crippen LogP contribution is 2.32. The predicted molar refractivity (Wildman–Crippen MR) is 148 cm³/mol. The summed E-state index contributed by atoms with van der Waals surface area (Å²) in [6.07, 6.45) is 1.92. The van der Waals surface area contributed by atoms with Gasteiger partial charge in [-0.3, -0.25) is 4.79 Å². The van der Waals surface area contributed by atoms with Gasteiger partial charge in [-0.25, -0.2) is 9.78 Å².